The van der Waals surface area contributed by atoms with Crippen LogP contribution in [0.2, 0.25) is 0 Å². The fourth-order valence-electron chi connectivity index (χ4n) is 3.01. The Morgan fingerprint density at radius 2 is 1.76 bits per heavy atom. The number of benzene rings is 1. The van der Waals surface area contributed by atoms with Crippen molar-refractivity contribution in [1.82, 2.24) is 4.57 Å². The van der Waals surface area contributed by atoms with Crippen LogP contribution in [0.5, 0.6) is 0 Å². The summed E-state index contributed by atoms with van der Waals surface area (Å²) in [6.07, 6.45) is 1.63. The SMILES string of the molecule is CC(=O)Cn1cc(C(N)=O)c2cc(B3OC(C)(C)C(C)(C)O3)ccc21. The number of fused-ring (bicyclic) bond motifs is 1. The Labute approximate surface area is 147 Å². The fourth-order valence-corrected chi connectivity index (χ4v) is 3.01. The van der Waals surface area contributed by atoms with Gasteiger partial charge in [-0.25, -0.2) is 0 Å². The van der Waals surface area contributed by atoms with E-state index >= 15 is 0 Å². The summed E-state index contributed by atoms with van der Waals surface area (Å²) in [7, 11) is -0.522. The summed E-state index contributed by atoms with van der Waals surface area (Å²) in [4.78, 5) is 23.3. The Kier molecular flexibility index (Phi) is 4.04. The number of aromatic nitrogens is 1. The Morgan fingerprint density at radius 3 is 2.28 bits per heavy atom. The number of Topliss-reactive ketones (excluding diaryl/α,β-unsaturated/α-hetero) is 1. The van der Waals surface area contributed by atoms with Crippen molar-refractivity contribution < 1.29 is 18.9 Å². The first kappa shape index (κ1) is 17.7. The predicted octanol–water partition coefficient (Wildman–Crippen LogP) is 1.63. The number of carbonyl (C=O) groups is 2. The van der Waals surface area contributed by atoms with Gasteiger partial charge in [-0.3, -0.25) is 9.59 Å². The number of primary amides is 1. The van der Waals surface area contributed by atoms with Crippen LogP contribution in [0.25, 0.3) is 10.9 Å². The minimum atomic E-state index is -0.529. The van der Waals surface area contributed by atoms with Crippen molar-refractivity contribution in [3.05, 3.63) is 30.0 Å². The number of carbonyl (C=O) groups excluding carboxylic acids is 2. The number of ketones is 1. The van der Waals surface area contributed by atoms with Gasteiger partial charge in [0.25, 0.3) is 5.91 Å². The van der Waals surface area contributed by atoms with Gasteiger partial charge in [0.2, 0.25) is 0 Å². The number of hydrogen-bond acceptors (Lipinski definition) is 4. The van der Waals surface area contributed by atoms with E-state index in [4.69, 9.17) is 15.0 Å². The molecule has 2 N–H and O–H groups in total. The molecule has 7 heteroatoms. The number of hydrogen-bond donors (Lipinski definition) is 1. The average Bonchev–Trinajstić information content (AvgIpc) is 2.93. The maximum Gasteiger partial charge on any atom is 0.494 e. The summed E-state index contributed by atoms with van der Waals surface area (Å²) < 4.78 is 13.9. The standard InChI is InChI=1S/C18H23BN2O4/c1-11(22)9-21-10-14(16(20)23)13-8-12(6-7-15(13)21)19-24-17(2,3)18(4,5)25-19/h6-8,10H,9H2,1-5H3,(H2,20,23). The van der Waals surface area contributed by atoms with Gasteiger partial charge < -0.3 is 19.6 Å². The van der Waals surface area contributed by atoms with Crippen molar-refractivity contribution in [2.24, 2.45) is 5.73 Å². The van der Waals surface area contributed by atoms with Crippen molar-refractivity contribution in [2.75, 3.05) is 0 Å². The lowest BCUT2D eigenvalue weighted by Crippen LogP contribution is -2.41. The third-order valence-corrected chi connectivity index (χ3v) is 5.09. The zero-order chi connectivity index (χ0) is 18.6. The van der Waals surface area contributed by atoms with Crippen molar-refractivity contribution in [3.8, 4) is 0 Å². The molecule has 25 heavy (non-hydrogen) atoms. The first-order valence-electron chi connectivity index (χ1n) is 8.29. The molecule has 2 aromatic rings. The lowest BCUT2D eigenvalue weighted by Gasteiger charge is -2.32. The summed E-state index contributed by atoms with van der Waals surface area (Å²) in [6.45, 7) is 9.66. The lowest BCUT2D eigenvalue weighted by atomic mass is 9.78. The van der Waals surface area contributed by atoms with E-state index in [1.807, 2.05) is 45.9 Å². The van der Waals surface area contributed by atoms with Gasteiger partial charge in [-0.2, -0.15) is 0 Å². The Morgan fingerprint density at radius 1 is 1.16 bits per heavy atom. The van der Waals surface area contributed by atoms with Gasteiger partial charge in [0.1, 0.15) is 5.78 Å². The molecule has 1 aliphatic heterocycles. The van der Waals surface area contributed by atoms with Gasteiger partial charge in [-0.15, -0.1) is 0 Å². The van der Waals surface area contributed by atoms with E-state index in [1.165, 1.54) is 6.92 Å². The summed E-state index contributed by atoms with van der Waals surface area (Å²) in [6, 6.07) is 5.62. The zero-order valence-electron chi connectivity index (χ0n) is 15.3. The van der Waals surface area contributed by atoms with Crippen LogP contribution < -0.4 is 11.2 Å². The van der Waals surface area contributed by atoms with Crippen molar-refractivity contribution in [3.63, 3.8) is 0 Å². The molecule has 6 nitrogen and oxygen atoms in total. The summed E-state index contributed by atoms with van der Waals surface area (Å²) >= 11 is 0. The average molecular weight is 342 g/mol. The van der Waals surface area contributed by atoms with E-state index in [9.17, 15) is 9.59 Å². The van der Waals surface area contributed by atoms with Crippen molar-refractivity contribution >= 4 is 35.2 Å². The van der Waals surface area contributed by atoms with Crippen LogP contribution in [0.1, 0.15) is 45.0 Å². The highest BCUT2D eigenvalue weighted by molar-refractivity contribution is 6.62. The molecule has 0 aliphatic carbocycles. The molecule has 132 valence electrons. The quantitative estimate of drug-likeness (QED) is 0.856. The van der Waals surface area contributed by atoms with Gasteiger partial charge in [0.05, 0.1) is 23.3 Å². The molecule has 1 aromatic carbocycles. The fraction of sp³-hybridized carbons (Fsp3) is 0.444. The van der Waals surface area contributed by atoms with Crippen LogP contribution in [0, 0.1) is 0 Å². The van der Waals surface area contributed by atoms with Crippen LogP contribution in [-0.2, 0) is 20.6 Å². The van der Waals surface area contributed by atoms with Gasteiger partial charge in [-0.05, 0) is 46.1 Å². The Balaban J connectivity index is 2.07. The normalized spacial score (nSPS) is 18.7. The maximum absolute atomic E-state index is 11.8. The number of nitrogens with zero attached hydrogens (tertiary/aromatic N) is 1. The monoisotopic (exact) mass is 342 g/mol. The van der Waals surface area contributed by atoms with Gasteiger partial charge >= 0.3 is 7.12 Å². The molecule has 1 fully saturated rings. The van der Waals surface area contributed by atoms with E-state index in [0.29, 0.717) is 10.9 Å². The highest BCUT2D eigenvalue weighted by atomic mass is 16.7. The smallest absolute Gasteiger partial charge is 0.399 e. The molecule has 0 unspecified atom stereocenters. The zero-order valence-corrected chi connectivity index (χ0v) is 15.3. The molecule has 0 spiro atoms. The molecular formula is C18H23BN2O4. The van der Waals surface area contributed by atoms with Crippen LogP contribution in [0.3, 0.4) is 0 Å². The molecule has 3 rings (SSSR count). The van der Waals surface area contributed by atoms with Gasteiger partial charge in [0.15, 0.2) is 0 Å². The molecule has 1 aliphatic rings. The van der Waals surface area contributed by atoms with E-state index < -0.39 is 24.2 Å². The second kappa shape index (κ2) is 5.71. The molecule has 1 aromatic heterocycles. The second-order valence-corrected chi connectivity index (χ2v) is 7.60. The predicted molar refractivity (Wildman–Crippen MR) is 96.9 cm³/mol. The van der Waals surface area contributed by atoms with E-state index in [2.05, 4.69) is 0 Å². The van der Waals surface area contributed by atoms with Crippen LogP contribution in [0.4, 0.5) is 0 Å². The molecule has 0 saturated carbocycles. The third-order valence-electron chi connectivity index (χ3n) is 5.09. The van der Waals surface area contributed by atoms with Crippen molar-refractivity contribution in [2.45, 2.75) is 52.4 Å². The van der Waals surface area contributed by atoms with Crippen LogP contribution in [0.15, 0.2) is 24.4 Å². The summed E-state index contributed by atoms with van der Waals surface area (Å²) in [5, 5.41) is 0.695. The second-order valence-electron chi connectivity index (χ2n) is 7.60. The molecule has 0 atom stereocenters. The van der Waals surface area contributed by atoms with E-state index in [1.54, 1.807) is 10.8 Å². The molecule has 0 radical (unpaired) electrons. The minimum absolute atomic E-state index is 0.00274. The Bertz CT molecular complexity index is 853. The summed E-state index contributed by atoms with van der Waals surface area (Å²) in [5.74, 6) is -0.527. The van der Waals surface area contributed by atoms with Crippen LogP contribution in [-0.4, -0.2) is 34.6 Å². The number of amides is 1. The van der Waals surface area contributed by atoms with E-state index in [-0.39, 0.29) is 12.3 Å². The molecule has 2 heterocycles. The third kappa shape index (κ3) is 2.98. The minimum Gasteiger partial charge on any atom is -0.399 e. The molecule has 0 bridgehead atoms. The first-order valence-corrected chi connectivity index (χ1v) is 8.29. The largest absolute Gasteiger partial charge is 0.494 e. The summed E-state index contributed by atoms with van der Waals surface area (Å²) in [5.41, 5.74) is 6.60. The lowest BCUT2D eigenvalue weighted by molar-refractivity contribution is -0.117. The van der Waals surface area contributed by atoms with E-state index in [0.717, 1.165) is 11.0 Å². The van der Waals surface area contributed by atoms with Gasteiger partial charge in [-0.1, -0.05) is 12.1 Å². The highest BCUT2D eigenvalue weighted by Gasteiger charge is 2.51. The topological polar surface area (TPSA) is 83.6 Å². The first-order chi connectivity index (χ1) is 11.5. The highest BCUT2D eigenvalue weighted by Crippen LogP contribution is 2.36. The molecular weight excluding hydrogens is 319 g/mol. The Hall–Kier alpha value is -2.12. The number of nitrogens with two attached hydrogens (primary N) is 1. The maximum atomic E-state index is 11.8. The molecule has 1 amide bonds. The van der Waals surface area contributed by atoms with Crippen LogP contribution >= 0.6 is 0 Å². The number of rotatable bonds is 4. The van der Waals surface area contributed by atoms with Crippen molar-refractivity contribution in [1.29, 1.82) is 0 Å². The van der Waals surface area contributed by atoms with Gasteiger partial charge in [0, 0.05) is 17.1 Å². The molecule has 1 saturated heterocycles.